The van der Waals surface area contributed by atoms with E-state index in [-0.39, 0.29) is 0 Å². The lowest BCUT2D eigenvalue weighted by molar-refractivity contribution is 0.617. The molecule has 1 N–H and O–H groups in total. The molecule has 0 spiro atoms. The molecular weight excluding hydrogens is 242 g/mol. The summed E-state index contributed by atoms with van der Waals surface area (Å²) in [6, 6.07) is 11.6. The first-order valence-corrected chi connectivity index (χ1v) is 8.13. The third kappa shape index (κ3) is 2.73. The second kappa shape index (κ2) is 6.41. The molecular formula is C19H25N. The topological polar surface area (TPSA) is 12.0 Å². The van der Waals surface area contributed by atoms with Gasteiger partial charge in [0.05, 0.1) is 0 Å². The first-order valence-electron chi connectivity index (χ1n) is 8.13. The Kier molecular flexibility index (Phi) is 4.37. The Morgan fingerprint density at radius 2 is 1.80 bits per heavy atom. The van der Waals surface area contributed by atoms with E-state index in [9.17, 15) is 0 Å². The molecule has 0 saturated carbocycles. The van der Waals surface area contributed by atoms with E-state index in [4.69, 9.17) is 0 Å². The van der Waals surface area contributed by atoms with Gasteiger partial charge >= 0.3 is 0 Å². The molecule has 0 aliphatic heterocycles. The summed E-state index contributed by atoms with van der Waals surface area (Å²) in [7, 11) is 0. The fourth-order valence-electron chi connectivity index (χ4n) is 3.39. The first-order chi connectivity index (χ1) is 9.90. The molecule has 0 saturated heterocycles. The van der Waals surface area contributed by atoms with Crippen LogP contribution >= 0.6 is 0 Å². The number of hydrogen-bond acceptors (Lipinski definition) is 1. The normalized spacial score (nSPS) is 13.2. The van der Waals surface area contributed by atoms with Crippen LogP contribution in [0.5, 0.6) is 0 Å². The van der Waals surface area contributed by atoms with E-state index in [0.717, 1.165) is 13.1 Å². The minimum Gasteiger partial charge on any atom is -0.317 e. The van der Waals surface area contributed by atoms with Gasteiger partial charge in [-0.1, -0.05) is 37.3 Å². The Labute approximate surface area is 122 Å². The predicted octanol–water partition coefficient (Wildman–Crippen LogP) is 4.26. The summed E-state index contributed by atoms with van der Waals surface area (Å²) in [5.41, 5.74) is 4.66. The Hall–Kier alpha value is -1.34. The number of aryl methyl sites for hydroxylation is 3. The van der Waals surface area contributed by atoms with Gasteiger partial charge in [-0.2, -0.15) is 0 Å². The molecule has 0 aromatic heterocycles. The molecule has 1 aliphatic rings. The molecule has 0 radical (unpaired) electrons. The quantitative estimate of drug-likeness (QED) is 0.739. The van der Waals surface area contributed by atoms with E-state index in [1.54, 1.807) is 22.1 Å². The Balaban J connectivity index is 1.67. The van der Waals surface area contributed by atoms with Crippen molar-refractivity contribution in [1.29, 1.82) is 0 Å². The van der Waals surface area contributed by atoms with E-state index in [1.807, 2.05) is 0 Å². The molecule has 1 aliphatic carbocycles. The van der Waals surface area contributed by atoms with Crippen molar-refractivity contribution in [1.82, 2.24) is 5.32 Å². The SMILES string of the molecule is CCCNCCCCc1ccc2c3c(cccc13)CC2. The van der Waals surface area contributed by atoms with Crippen LogP contribution in [-0.2, 0) is 19.3 Å². The molecule has 2 aromatic carbocycles. The summed E-state index contributed by atoms with van der Waals surface area (Å²) in [4.78, 5) is 0. The predicted molar refractivity (Wildman–Crippen MR) is 87.5 cm³/mol. The van der Waals surface area contributed by atoms with Gasteiger partial charge in [0.15, 0.2) is 0 Å². The van der Waals surface area contributed by atoms with Crippen molar-refractivity contribution in [3.05, 3.63) is 47.0 Å². The molecule has 2 aromatic rings. The highest BCUT2D eigenvalue weighted by Crippen LogP contribution is 2.33. The number of hydrogen-bond donors (Lipinski definition) is 1. The third-order valence-electron chi connectivity index (χ3n) is 4.44. The lowest BCUT2D eigenvalue weighted by Gasteiger charge is -2.09. The number of nitrogens with one attached hydrogen (secondary N) is 1. The molecule has 20 heavy (non-hydrogen) atoms. The second-order valence-electron chi connectivity index (χ2n) is 5.93. The maximum Gasteiger partial charge on any atom is -0.00488 e. The summed E-state index contributed by atoms with van der Waals surface area (Å²) >= 11 is 0. The zero-order valence-corrected chi connectivity index (χ0v) is 12.5. The maximum absolute atomic E-state index is 3.49. The Morgan fingerprint density at radius 3 is 2.65 bits per heavy atom. The van der Waals surface area contributed by atoms with E-state index < -0.39 is 0 Å². The summed E-state index contributed by atoms with van der Waals surface area (Å²) in [6.45, 7) is 4.54. The van der Waals surface area contributed by atoms with Gasteiger partial charge in [0, 0.05) is 0 Å². The third-order valence-corrected chi connectivity index (χ3v) is 4.44. The van der Waals surface area contributed by atoms with Crippen molar-refractivity contribution in [2.75, 3.05) is 13.1 Å². The van der Waals surface area contributed by atoms with Crippen molar-refractivity contribution in [2.45, 2.75) is 45.4 Å². The minimum absolute atomic E-state index is 1.15. The van der Waals surface area contributed by atoms with Crippen LogP contribution in [0.3, 0.4) is 0 Å². The van der Waals surface area contributed by atoms with Gasteiger partial charge in [0.2, 0.25) is 0 Å². The Morgan fingerprint density at radius 1 is 0.950 bits per heavy atom. The number of benzene rings is 2. The monoisotopic (exact) mass is 267 g/mol. The van der Waals surface area contributed by atoms with Crippen LogP contribution < -0.4 is 5.32 Å². The van der Waals surface area contributed by atoms with Gasteiger partial charge in [-0.15, -0.1) is 0 Å². The molecule has 0 heterocycles. The minimum atomic E-state index is 1.15. The fraction of sp³-hybridized carbons (Fsp3) is 0.474. The molecule has 0 fully saturated rings. The zero-order valence-electron chi connectivity index (χ0n) is 12.5. The van der Waals surface area contributed by atoms with Crippen molar-refractivity contribution in [3.63, 3.8) is 0 Å². The smallest absolute Gasteiger partial charge is 0.00488 e. The molecule has 106 valence electrons. The zero-order chi connectivity index (χ0) is 13.8. The van der Waals surface area contributed by atoms with Crippen LogP contribution in [0.1, 0.15) is 42.9 Å². The lowest BCUT2D eigenvalue weighted by atomic mass is 9.97. The Bertz CT molecular complexity index is 575. The average molecular weight is 267 g/mol. The van der Waals surface area contributed by atoms with Crippen LogP contribution in [-0.4, -0.2) is 13.1 Å². The van der Waals surface area contributed by atoms with Gasteiger partial charge in [0.1, 0.15) is 0 Å². The molecule has 1 nitrogen and oxygen atoms in total. The summed E-state index contributed by atoms with van der Waals surface area (Å²) in [5, 5.41) is 6.56. The highest BCUT2D eigenvalue weighted by atomic mass is 14.8. The van der Waals surface area contributed by atoms with Gasteiger partial charge < -0.3 is 5.32 Å². The van der Waals surface area contributed by atoms with E-state index in [1.165, 1.54) is 43.9 Å². The average Bonchev–Trinajstić information content (AvgIpc) is 2.90. The highest BCUT2D eigenvalue weighted by Gasteiger charge is 2.15. The van der Waals surface area contributed by atoms with E-state index >= 15 is 0 Å². The lowest BCUT2D eigenvalue weighted by Crippen LogP contribution is -2.15. The second-order valence-corrected chi connectivity index (χ2v) is 5.93. The van der Waals surface area contributed by atoms with Crippen molar-refractivity contribution >= 4 is 10.8 Å². The van der Waals surface area contributed by atoms with Gasteiger partial charge in [-0.3, -0.25) is 0 Å². The van der Waals surface area contributed by atoms with E-state index in [0.29, 0.717) is 0 Å². The molecule has 0 bridgehead atoms. The standard InChI is InChI=1S/C19H25N/c1-2-13-20-14-4-3-6-15-9-10-17-12-11-16-7-5-8-18(15)19(16)17/h5,7-10,20H,2-4,6,11-14H2,1H3. The summed E-state index contributed by atoms with van der Waals surface area (Å²) in [6.07, 6.45) is 7.48. The maximum atomic E-state index is 3.49. The van der Waals surface area contributed by atoms with Crippen LogP contribution in [0.4, 0.5) is 0 Å². The molecule has 3 rings (SSSR count). The molecule has 0 amide bonds. The number of rotatable bonds is 7. The van der Waals surface area contributed by atoms with Crippen LogP contribution in [0.25, 0.3) is 10.8 Å². The highest BCUT2D eigenvalue weighted by molar-refractivity contribution is 5.93. The summed E-state index contributed by atoms with van der Waals surface area (Å²) in [5.74, 6) is 0. The van der Waals surface area contributed by atoms with E-state index in [2.05, 4.69) is 42.6 Å². The fourth-order valence-corrected chi connectivity index (χ4v) is 3.39. The van der Waals surface area contributed by atoms with Gasteiger partial charge in [-0.25, -0.2) is 0 Å². The summed E-state index contributed by atoms with van der Waals surface area (Å²) < 4.78 is 0. The van der Waals surface area contributed by atoms with Crippen LogP contribution in [0.2, 0.25) is 0 Å². The van der Waals surface area contributed by atoms with Gasteiger partial charge in [0.25, 0.3) is 0 Å². The van der Waals surface area contributed by atoms with Gasteiger partial charge in [-0.05, 0) is 79.1 Å². The molecule has 0 atom stereocenters. The molecule has 1 heteroatoms. The largest absolute Gasteiger partial charge is 0.317 e. The van der Waals surface area contributed by atoms with Crippen LogP contribution in [0, 0.1) is 0 Å². The van der Waals surface area contributed by atoms with Crippen LogP contribution in [0.15, 0.2) is 30.3 Å². The van der Waals surface area contributed by atoms with Crippen molar-refractivity contribution < 1.29 is 0 Å². The van der Waals surface area contributed by atoms with Crippen molar-refractivity contribution in [2.24, 2.45) is 0 Å². The van der Waals surface area contributed by atoms with Crippen molar-refractivity contribution in [3.8, 4) is 0 Å². The number of unbranched alkanes of at least 4 members (excludes halogenated alkanes) is 1. The molecule has 0 unspecified atom stereocenters. The first kappa shape index (κ1) is 13.6.